The summed E-state index contributed by atoms with van der Waals surface area (Å²) in [6.45, 7) is 0. The molecule has 0 bridgehead atoms. The van der Waals surface area contributed by atoms with Crippen molar-refractivity contribution in [1.29, 1.82) is 0 Å². The molecule has 0 aromatic heterocycles. The van der Waals surface area contributed by atoms with Gasteiger partial charge in [-0.15, -0.1) is 0 Å². The van der Waals surface area contributed by atoms with E-state index in [9.17, 15) is 4.79 Å². The SMILES string of the molecule is O=C1C=CC=C/C1=C/C=C1\OC=CC2=C1CCCC2. The number of allylic oxidation sites excluding steroid dienone is 10. The Morgan fingerprint density at radius 1 is 1.00 bits per heavy atom. The van der Waals surface area contributed by atoms with Crippen LogP contribution >= 0.6 is 0 Å². The first-order valence-electron chi connectivity index (χ1n) is 6.71. The van der Waals surface area contributed by atoms with Crippen LogP contribution in [-0.4, -0.2) is 5.78 Å². The molecule has 0 radical (unpaired) electrons. The maximum absolute atomic E-state index is 11.6. The average Bonchev–Trinajstić information content (AvgIpc) is 2.46. The predicted molar refractivity (Wildman–Crippen MR) is 75.2 cm³/mol. The first-order chi connectivity index (χ1) is 9.34. The molecule has 3 aliphatic rings. The number of carbonyl (C=O) groups excluding carboxylic acids is 1. The van der Waals surface area contributed by atoms with E-state index in [1.807, 2.05) is 24.3 Å². The van der Waals surface area contributed by atoms with Crippen molar-refractivity contribution < 1.29 is 9.53 Å². The van der Waals surface area contributed by atoms with Gasteiger partial charge in [0.05, 0.1) is 6.26 Å². The van der Waals surface area contributed by atoms with Crippen LogP contribution in [0, 0.1) is 0 Å². The first kappa shape index (κ1) is 12.0. The molecule has 0 spiro atoms. The summed E-state index contributed by atoms with van der Waals surface area (Å²) in [7, 11) is 0. The van der Waals surface area contributed by atoms with Crippen LogP contribution in [-0.2, 0) is 9.53 Å². The standard InChI is InChI=1S/C17H16O2/c18-16-8-4-2-6-14(16)9-10-17-15-7-3-1-5-13(15)11-12-19-17/h2,4,6,8-12H,1,3,5,7H2/b14-9-,17-10-. The van der Waals surface area contributed by atoms with Crippen molar-refractivity contribution in [3.8, 4) is 0 Å². The Balaban J connectivity index is 1.88. The van der Waals surface area contributed by atoms with Crippen molar-refractivity contribution in [3.05, 3.63) is 71.3 Å². The van der Waals surface area contributed by atoms with Gasteiger partial charge in [0.1, 0.15) is 5.76 Å². The zero-order chi connectivity index (χ0) is 13.1. The topological polar surface area (TPSA) is 26.3 Å². The second-order valence-corrected chi connectivity index (χ2v) is 4.87. The highest BCUT2D eigenvalue weighted by molar-refractivity contribution is 6.07. The maximum atomic E-state index is 11.6. The Bertz CT molecular complexity index is 580. The summed E-state index contributed by atoms with van der Waals surface area (Å²) in [6, 6.07) is 0. The van der Waals surface area contributed by atoms with Crippen LogP contribution in [0.25, 0.3) is 0 Å². The van der Waals surface area contributed by atoms with Gasteiger partial charge in [-0.3, -0.25) is 4.79 Å². The molecule has 3 rings (SSSR count). The molecule has 0 unspecified atom stereocenters. The number of hydrogen-bond donors (Lipinski definition) is 0. The van der Waals surface area contributed by atoms with Crippen LogP contribution in [0.3, 0.4) is 0 Å². The van der Waals surface area contributed by atoms with Gasteiger partial charge in [-0.2, -0.15) is 0 Å². The summed E-state index contributed by atoms with van der Waals surface area (Å²) < 4.78 is 5.60. The van der Waals surface area contributed by atoms with Crippen LogP contribution in [0.5, 0.6) is 0 Å². The molecule has 0 saturated heterocycles. The highest BCUT2D eigenvalue weighted by Crippen LogP contribution is 2.34. The molecule has 2 heteroatoms. The molecule has 0 atom stereocenters. The quantitative estimate of drug-likeness (QED) is 0.661. The highest BCUT2D eigenvalue weighted by atomic mass is 16.5. The van der Waals surface area contributed by atoms with Crippen LogP contribution in [0.1, 0.15) is 25.7 Å². The fraction of sp³-hybridized carbons (Fsp3) is 0.235. The monoisotopic (exact) mass is 252 g/mol. The summed E-state index contributed by atoms with van der Waals surface area (Å²) >= 11 is 0. The van der Waals surface area contributed by atoms with Gasteiger partial charge in [-0.25, -0.2) is 0 Å². The molecule has 0 fully saturated rings. The van der Waals surface area contributed by atoms with E-state index in [4.69, 9.17) is 4.74 Å². The number of rotatable bonds is 1. The van der Waals surface area contributed by atoms with E-state index in [1.54, 1.807) is 18.4 Å². The van der Waals surface area contributed by atoms with Gasteiger partial charge in [0.25, 0.3) is 0 Å². The molecule has 0 saturated carbocycles. The molecule has 2 aliphatic carbocycles. The number of carbonyl (C=O) groups is 1. The van der Waals surface area contributed by atoms with Crippen molar-refractivity contribution >= 4 is 5.78 Å². The van der Waals surface area contributed by atoms with Crippen LogP contribution in [0.2, 0.25) is 0 Å². The van der Waals surface area contributed by atoms with Crippen molar-refractivity contribution in [3.63, 3.8) is 0 Å². The minimum absolute atomic E-state index is 0.0450. The third-order valence-electron chi connectivity index (χ3n) is 3.61. The minimum Gasteiger partial charge on any atom is -0.465 e. The molecule has 0 N–H and O–H groups in total. The van der Waals surface area contributed by atoms with E-state index in [-0.39, 0.29) is 5.78 Å². The second-order valence-electron chi connectivity index (χ2n) is 4.87. The molecule has 1 aliphatic heterocycles. The molecule has 0 aromatic carbocycles. The lowest BCUT2D eigenvalue weighted by Crippen LogP contribution is -2.06. The van der Waals surface area contributed by atoms with Crippen molar-refractivity contribution in [2.75, 3.05) is 0 Å². The Kier molecular flexibility index (Phi) is 3.32. The predicted octanol–water partition coefficient (Wildman–Crippen LogP) is 3.91. The van der Waals surface area contributed by atoms with Crippen LogP contribution in [0.4, 0.5) is 0 Å². The van der Waals surface area contributed by atoms with Gasteiger partial charge in [0, 0.05) is 5.57 Å². The van der Waals surface area contributed by atoms with Gasteiger partial charge >= 0.3 is 0 Å². The number of ketones is 1. The molecule has 1 heterocycles. The summed E-state index contributed by atoms with van der Waals surface area (Å²) in [5.41, 5.74) is 3.38. The zero-order valence-electron chi connectivity index (χ0n) is 10.8. The Hall–Kier alpha value is -2.09. The average molecular weight is 252 g/mol. The Morgan fingerprint density at radius 2 is 1.84 bits per heavy atom. The van der Waals surface area contributed by atoms with Crippen molar-refractivity contribution in [2.45, 2.75) is 25.7 Å². The first-order valence-corrected chi connectivity index (χ1v) is 6.71. The van der Waals surface area contributed by atoms with E-state index in [0.717, 1.165) is 18.6 Å². The van der Waals surface area contributed by atoms with E-state index in [1.165, 1.54) is 24.0 Å². The maximum Gasteiger partial charge on any atom is 0.185 e. The lowest BCUT2D eigenvalue weighted by Gasteiger charge is -2.23. The Labute approximate surface area is 113 Å². The molecule has 19 heavy (non-hydrogen) atoms. The summed E-state index contributed by atoms with van der Waals surface area (Å²) in [6.07, 6.45) is 19.3. The molecule has 96 valence electrons. The third kappa shape index (κ3) is 2.53. The van der Waals surface area contributed by atoms with E-state index >= 15 is 0 Å². The lowest BCUT2D eigenvalue weighted by atomic mass is 9.89. The molecule has 2 nitrogen and oxygen atoms in total. The van der Waals surface area contributed by atoms with E-state index in [2.05, 4.69) is 6.08 Å². The molecular weight excluding hydrogens is 236 g/mol. The van der Waals surface area contributed by atoms with Gasteiger partial charge in [0.2, 0.25) is 0 Å². The third-order valence-corrected chi connectivity index (χ3v) is 3.61. The van der Waals surface area contributed by atoms with Gasteiger partial charge < -0.3 is 4.74 Å². The molecular formula is C17H16O2. The minimum atomic E-state index is 0.0450. The van der Waals surface area contributed by atoms with E-state index in [0.29, 0.717) is 5.57 Å². The fourth-order valence-corrected chi connectivity index (χ4v) is 2.58. The summed E-state index contributed by atoms with van der Waals surface area (Å²) in [5.74, 6) is 0.934. The van der Waals surface area contributed by atoms with Gasteiger partial charge in [-0.05, 0) is 61.1 Å². The zero-order valence-corrected chi connectivity index (χ0v) is 10.8. The Morgan fingerprint density at radius 3 is 2.74 bits per heavy atom. The second kappa shape index (κ2) is 5.27. The van der Waals surface area contributed by atoms with Crippen molar-refractivity contribution in [1.82, 2.24) is 0 Å². The number of ether oxygens (including phenoxy) is 1. The van der Waals surface area contributed by atoms with Crippen LogP contribution < -0.4 is 0 Å². The number of hydrogen-bond acceptors (Lipinski definition) is 2. The smallest absolute Gasteiger partial charge is 0.185 e. The van der Waals surface area contributed by atoms with Gasteiger partial charge in [-0.1, -0.05) is 18.2 Å². The van der Waals surface area contributed by atoms with Crippen LogP contribution in [0.15, 0.2) is 71.3 Å². The molecule has 0 aromatic rings. The van der Waals surface area contributed by atoms with E-state index < -0.39 is 0 Å². The van der Waals surface area contributed by atoms with Gasteiger partial charge in [0.15, 0.2) is 5.78 Å². The summed E-state index contributed by atoms with van der Waals surface area (Å²) in [4.78, 5) is 11.6. The molecule has 0 amide bonds. The van der Waals surface area contributed by atoms with Crippen molar-refractivity contribution in [2.24, 2.45) is 0 Å². The summed E-state index contributed by atoms with van der Waals surface area (Å²) in [5, 5.41) is 0. The lowest BCUT2D eigenvalue weighted by molar-refractivity contribution is -0.111. The highest BCUT2D eigenvalue weighted by Gasteiger charge is 2.18. The fourth-order valence-electron chi connectivity index (χ4n) is 2.58. The largest absolute Gasteiger partial charge is 0.465 e. The normalized spacial score (nSPS) is 26.0.